The molecule has 0 aliphatic heterocycles. The van der Waals surface area contributed by atoms with Crippen molar-refractivity contribution in [3.8, 4) is 0 Å². The van der Waals surface area contributed by atoms with E-state index in [1.807, 2.05) is 32.0 Å². The highest BCUT2D eigenvalue weighted by Crippen LogP contribution is 2.32. The smallest absolute Gasteiger partial charge is 0.326 e. The van der Waals surface area contributed by atoms with E-state index in [1.165, 1.54) is 6.07 Å². The SMILES string of the molecule is Cc1cc(C)cc(NC(=O)CCCN(c2cccc(C(F)(F)F)c2)S(C)(=O)=O)c1. The lowest BCUT2D eigenvalue weighted by Gasteiger charge is -2.23. The Bertz CT molecular complexity index is 968. The van der Waals surface area contributed by atoms with E-state index in [4.69, 9.17) is 0 Å². The minimum absolute atomic E-state index is 0.0258. The molecule has 0 aliphatic carbocycles. The zero-order valence-electron chi connectivity index (χ0n) is 16.4. The summed E-state index contributed by atoms with van der Waals surface area (Å²) in [4.78, 5) is 12.2. The maximum Gasteiger partial charge on any atom is 0.416 e. The van der Waals surface area contributed by atoms with Gasteiger partial charge in [-0.2, -0.15) is 13.2 Å². The molecule has 0 unspecified atom stereocenters. The lowest BCUT2D eigenvalue weighted by Crippen LogP contribution is -2.31. The molecule has 1 N–H and O–H groups in total. The van der Waals surface area contributed by atoms with Gasteiger partial charge in [0, 0.05) is 18.7 Å². The molecule has 9 heteroatoms. The fourth-order valence-electron chi connectivity index (χ4n) is 2.98. The molecule has 0 aromatic heterocycles. The summed E-state index contributed by atoms with van der Waals surface area (Å²) in [6.07, 6.45) is -3.48. The lowest BCUT2D eigenvalue weighted by atomic mass is 10.1. The molecule has 2 aromatic rings. The van der Waals surface area contributed by atoms with Crippen LogP contribution in [0.3, 0.4) is 0 Å². The number of carbonyl (C=O) groups excluding carboxylic acids is 1. The number of carbonyl (C=O) groups is 1. The lowest BCUT2D eigenvalue weighted by molar-refractivity contribution is -0.137. The van der Waals surface area contributed by atoms with Gasteiger partial charge < -0.3 is 5.32 Å². The number of hydrogen-bond donors (Lipinski definition) is 1. The van der Waals surface area contributed by atoms with E-state index in [1.54, 1.807) is 0 Å². The predicted molar refractivity (Wildman–Crippen MR) is 107 cm³/mol. The van der Waals surface area contributed by atoms with Crippen molar-refractivity contribution in [1.29, 1.82) is 0 Å². The van der Waals surface area contributed by atoms with Crippen molar-refractivity contribution < 1.29 is 26.4 Å². The second kappa shape index (κ2) is 8.86. The van der Waals surface area contributed by atoms with Crippen molar-refractivity contribution in [2.45, 2.75) is 32.9 Å². The summed E-state index contributed by atoms with van der Waals surface area (Å²) in [6.45, 7) is 3.70. The number of amides is 1. The van der Waals surface area contributed by atoms with Crippen molar-refractivity contribution >= 4 is 27.3 Å². The van der Waals surface area contributed by atoms with Gasteiger partial charge in [0.1, 0.15) is 0 Å². The summed E-state index contributed by atoms with van der Waals surface area (Å²) in [6, 6.07) is 9.72. The molecule has 0 saturated heterocycles. The van der Waals surface area contributed by atoms with Gasteiger partial charge in [-0.15, -0.1) is 0 Å². The topological polar surface area (TPSA) is 66.5 Å². The molecule has 0 radical (unpaired) electrons. The molecule has 0 spiro atoms. The first-order valence-electron chi connectivity index (χ1n) is 8.89. The second-order valence-electron chi connectivity index (χ2n) is 6.91. The first-order chi connectivity index (χ1) is 13.4. The molecular formula is C20H23F3N2O3S. The monoisotopic (exact) mass is 428 g/mol. The third-order valence-corrected chi connectivity index (χ3v) is 5.33. The average Bonchev–Trinajstić information content (AvgIpc) is 2.56. The van der Waals surface area contributed by atoms with E-state index < -0.39 is 21.8 Å². The number of rotatable bonds is 7. The van der Waals surface area contributed by atoms with Crippen molar-refractivity contribution in [3.05, 3.63) is 59.2 Å². The summed E-state index contributed by atoms with van der Waals surface area (Å²) in [5.41, 5.74) is 1.61. The molecule has 2 aromatic carbocycles. The first-order valence-corrected chi connectivity index (χ1v) is 10.7. The zero-order chi connectivity index (χ0) is 21.8. The van der Waals surface area contributed by atoms with Gasteiger partial charge in [-0.3, -0.25) is 9.10 Å². The minimum atomic E-state index is -4.58. The number of nitrogens with one attached hydrogen (secondary N) is 1. The van der Waals surface area contributed by atoms with Crippen LogP contribution in [-0.2, 0) is 21.0 Å². The van der Waals surface area contributed by atoms with Gasteiger partial charge >= 0.3 is 6.18 Å². The number of halogens is 3. The first kappa shape index (κ1) is 22.7. The van der Waals surface area contributed by atoms with E-state index >= 15 is 0 Å². The average molecular weight is 428 g/mol. The Kier molecular flexibility index (Phi) is 6.94. The van der Waals surface area contributed by atoms with Gasteiger partial charge in [0.15, 0.2) is 0 Å². The van der Waals surface area contributed by atoms with Crippen LogP contribution in [-0.4, -0.2) is 27.1 Å². The molecule has 2 rings (SSSR count). The van der Waals surface area contributed by atoms with Crippen LogP contribution < -0.4 is 9.62 Å². The van der Waals surface area contributed by atoms with Crippen LogP contribution in [0, 0.1) is 13.8 Å². The predicted octanol–water partition coefficient (Wildman–Crippen LogP) is 4.51. The molecule has 0 bridgehead atoms. The summed E-state index contributed by atoms with van der Waals surface area (Å²) in [5, 5.41) is 2.75. The fourth-order valence-corrected chi connectivity index (χ4v) is 3.93. The Morgan fingerprint density at radius 3 is 2.24 bits per heavy atom. The highest BCUT2D eigenvalue weighted by Gasteiger charge is 2.31. The standard InChI is InChI=1S/C20H23F3N2O3S/c1-14-10-15(2)12-17(11-14)24-19(26)8-5-9-25(29(3,27)28)18-7-4-6-16(13-18)20(21,22)23/h4,6-7,10-13H,5,8-9H2,1-3H3,(H,24,26). The number of benzene rings is 2. The van der Waals surface area contributed by atoms with Crippen LogP contribution in [0.4, 0.5) is 24.5 Å². The third-order valence-electron chi connectivity index (χ3n) is 4.13. The number of aryl methyl sites for hydroxylation is 2. The second-order valence-corrected chi connectivity index (χ2v) is 8.82. The van der Waals surface area contributed by atoms with Gasteiger partial charge in [0.2, 0.25) is 15.9 Å². The van der Waals surface area contributed by atoms with Gasteiger partial charge in [-0.05, 0) is 61.7 Å². The van der Waals surface area contributed by atoms with Gasteiger partial charge in [-0.1, -0.05) is 12.1 Å². The Morgan fingerprint density at radius 2 is 1.69 bits per heavy atom. The van der Waals surface area contributed by atoms with E-state index in [9.17, 15) is 26.4 Å². The van der Waals surface area contributed by atoms with Crippen molar-refractivity contribution in [1.82, 2.24) is 0 Å². The molecule has 158 valence electrons. The van der Waals surface area contributed by atoms with E-state index in [2.05, 4.69) is 5.32 Å². The Balaban J connectivity index is 2.06. The number of hydrogen-bond acceptors (Lipinski definition) is 3. The Hall–Kier alpha value is -2.55. The molecule has 0 fully saturated rings. The number of anilines is 2. The summed E-state index contributed by atoms with van der Waals surface area (Å²) < 4.78 is 63.8. The van der Waals surface area contributed by atoms with Crippen molar-refractivity contribution in [2.24, 2.45) is 0 Å². The number of nitrogens with zero attached hydrogens (tertiary/aromatic N) is 1. The van der Waals surface area contributed by atoms with Crippen LogP contribution in [0.5, 0.6) is 0 Å². The van der Waals surface area contributed by atoms with Crippen molar-refractivity contribution in [3.63, 3.8) is 0 Å². The largest absolute Gasteiger partial charge is 0.416 e. The molecule has 0 aliphatic rings. The quantitative estimate of drug-likeness (QED) is 0.706. The van der Waals surface area contributed by atoms with Crippen LogP contribution in [0.15, 0.2) is 42.5 Å². The zero-order valence-corrected chi connectivity index (χ0v) is 17.2. The Morgan fingerprint density at radius 1 is 1.07 bits per heavy atom. The molecule has 1 amide bonds. The maximum absolute atomic E-state index is 12.9. The number of alkyl halides is 3. The third kappa shape index (κ3) is 6.77. The van der Waals surface area contributed by atoms with Crippen molar-refractivity contribution in [2.75, 3.05) is 22.4 Å². The molecule has 0 saturated carbocycles. The highest BCUT2D eigenvalue weighted by atomic mass is 32.2. The number of sulfonamides is 1. The van der Waals surface area contributed by atoms with Crippen LogP contribution in [0.25, 0.3) is 0 Å². The van der Waals surface area contributed by atoms with Gasteiger partial charge in [0.05, 0.1) is 17.5 Å². The molecule has 0 heterocycles. The summed E-state index contributed by atoms with van der Waals surface area (Å²) in [7, 11) is -3.81. The van der Waals surface area contributed by atoms with Gasteiger partial charge in [-0.25, -0.2) is 8.42 Å². The highest BCUT2D eigenvalue weighted by molar-refractivity contribution is 7.92. The normalized spacial score (nSPS) is 11.9. The van der Waals surface area contributed by atoms with E-state index in [0.29, 0.717) is 5.69 Å². The van der Waals surface area contributed by atoms with E-state index in [0.717, 1.165) is 39.9 Å². The van der Waals surface area contributed by atoms with Crippen LogP contribution >= 0.6 is 0 Å². The fraction of sp³-hybridized carbons (Fsp3) is 0.350. The van der Waals surface area contributed by atoms with E-state index in [-0.39, 0.29) is 31.0 Å². The maximum atomic E-state index is 12.9. The molecule has 29 heavy (non-hydrogen) atoms. The van der Waals surface area contributed by atoms with Crippen LogP contribution in [0.2, 0.25) is 0 Å². The molecule has 0 atom stereocenters. The summed E-state index contributed by atoms with van der Waals surface area (Å²) in [5.74, 6) is -0.299. The summed E-state index contributed by atoms with van der Waals surface area (Å²) >= 11 is 0. The molecule has 5 nitrogen and oxygen atoms in total. The van der Waals surface area contributed by atoms with Gasteiger partial charge in [0.25, 0.3) is 0 Å². The van der Waals surface area contributed by atoms with Crippen LogP contribution in [0.1, 0.15) is 29.5 Å². The minimum Gasteiger partial charge on any atom is -0.326 e. The molecular weight excluding hydrogens is 405 g/mol. The Labute approximate surface area is 168 Å².